The Balaban J connectivity index is 2.22. The van der Waals surface area contributed by atoms with E-state index in [0.29, 0.717) is 6.04 Å². The molecule has 0 saturated carbocycles. The molecule has 2 rings (SSSR count). The van der Waals surface area contributed by atoms with Gasteiger partial charge in [-0.2, -0.15) is 0 Å². The highest BCUT2D eigenvalue weighted by molar-refractivity contribution is 5.05. The first kappa shape index (κ1) is 13.5. The summed E-state index contributed by atoms with van der Waals surface area (Å²) in [7, 11) is 6.43. The second kappa shape index (κ2) is 5.82. The highest BCUT2D eigenvalue weighted by Gasteiger charge is 2.32. The molecule has 1 fully saturated rings. The molecule has 0 aromatic carbocycles. The summed E-state index contributed by atoms with van der Waals surface area (Å²) in [6, 6.07) is 0.758. The summed E-state index contributed by atoms with van der Waals surface area (Å²) in [5.74, 6) is 1.15. The van der Waals surface area contributed by atoms with E-state index in [4.69, 9.17) is 0 Å². The number of likely N-dealkylation sites (N-methyl/N-ethyl adjacent to an activating group) is 3. The first-order valence-electron chi connectivity index (χ1n) is 6.74. The molecule has 0 bridgehead atoms. The van der Waals surface area contributed by atoms with E-state index in [2.05, 4.69) is 51.9 Å². The Hall–Kier alpha value is -0.910. The van der Waals surface area contributed by atoms with Crippen LogP contribution in [0.2, 0.25) is 0 Å². The highest BCUT2D eigenvalue weighted by atomic mass is 15.3. The largest absolute Gasteiger partial charge is 0.334 e. The van der Waals surface area contributed by atoms with Crippen LogP contribution in [0.3, 0.4) is 0 Å². The van der Waals surface area contributed by atoms with Gasteiger partial charge in [0.1, 0.15) is 5.82 Å². The minimum absolute atomic E-state index is 0.285. The lowest BCUT2D eigenvalue weighted by atomic mass is 10.0. The molecule has 0 spiro atoms. The molecule has 0 aliphatic carbocycles. The highest BCUT2D eigenvalue weighted by Crippen LogP contribution is 2.21. The molecule has 5 nitrogen and oxygen atoms in total. The Kier molecular flexibility index (Phi) is 4.37. The van der Waals surface area contributed by atoms with Gasteiger partial charge in [0.25, 0.3) is 0 Å². The Morgan fingerprint density at radius 3 is 2.89 bits per heavy atom. The van der Waals surface area contributed by atoms with Gasteiger partial charge in [0.15, 0.2) is 0 Å². The number of nitrogens with one attached hydrogen (secondary N) is 1. The van der Waals surface area contributed by atoms with Gasteiger partial charge in [0, 0.05) is 44.6 Å². The van der Waals surface area contributed by atoms with Crippen molar-refractivity contribution in [2.75, 3.05) is 40.8 Å². The van der Waals surface area contributed by atoms with Crippen LogP contribution in [-0.4, -0.2) is 66.2 Å². The zero-order chi connectivity index (χ0) is 13.1. The number of aryl methyl sites for hydroxylation is 1. The summed E-state index contributed by atoms with van der Waals surface area (Å²) in [5.41, 5.74) is 0. The standard InChI is InChI=1S/C13H25N5/c1-5-18-7-6-15-13(18)12(14-2)11-10-16(3)8-9-17(11)4/h6-7,11-12,14H,5,8-10H2,1-4H3. The molecule has 2 heterocycles. The van der Waals surface area contributed by atoms with Gasteiger partial charge in [-0.1, -0.05) is 0 Å². The van der Waals surface area contributed by atoms with Crippen LogP contribution in [0.15, 0.2) is 12.4 Å². The molecular weight excluding hydrogens is 226 g/mol. The van der Waals surface area contributed by atoms with Crippen molar-refractivity contribution in [3.8, 4) is 0 Å². The number of piperazine rings is 1. The molecule has 5 heteroatoms. The molecule has 0 amide bonds. The minimum Gasteiger partial charge on any atom is -0.334 e. The maximum atomic E-state index is 4.55. The lowest BCUT2D eigenvalue weighted by molar-refractivity contribution is 0.0865. The van der Waals surface area contributed by atoms with Crippen LogP contribution in [0.25, 0.3) is 0 Å². The quantitative estimate of drug-likeness (QED) is 0.841. The first-order chi connectivity index (χ1) is 8.67. The summed E-state index contributed by atoms with van der Waals surface area (Å²) in [6.45, 7) is 6.48. The fraction of sp³-hybridized carbons (Fsp3) is 0.769. The van der Waals surface area contributed by atoms with Crippen LogP contribution >= 0.6 is 0 Å². The van der Waals surface area contributed by atoms with Gasteiger partial charge >= 0.3 is 0 Å². The van der Waals surface area contributed by atoms with Crippen LogP contribution in [-0.2, 0) is 6.54 Å². The van der Waals surface area contributed by atoms with Crippen molar-refractivity contribution in [3.63, 3.8) is 0 Å². The van der Waals surface area contributed by atoms with E-state index >= 15 is 0 Å². The number of hydrogen-bond acceptors (Lipinski definition) is 4. The number of imidazole rings is 1. The van der Waals surface area contributed by atoms with Crippen molar-refractivity contribution in [3.05, 3.63) is 18.2 Å². The van der Waals surface area contributed by atoms with Gasteiger partial charge in [0.05, 0.1) is 6.04 Å². The van der Waals surface area contributed by atoms with Crippen molar-refractivity contribution < 1.29 is 0 Å². The van der Waals surface area contributed by atoms with Crippen LogP contribution in [0.4, 0.5) is 0 Å². The van der Waals surface area contributed by atoms with E-state index in [1.807, 2.05) is 13.2 Å². The summed E-state index contributed by atoms with van der Waals surface area (Å²) >= 11 is 0. The van der Waals surface area contributed by atoms with Crippen molar-refractivity contribution in [1.82, 2.24) is 24.7 Å². The third-order valence-electron chi connectivity index (χ3n) is 3.96. The minimum atomic E-state index is 0.285. The third kappa shape index (κ3) is 2.58. The average Bonchev–Trinajstić information content (AvgIpc) is 2.83. The van der Waals surface area contributed by atoms with Gasteiger partial charge in [-0.25, -0.2) is 4.98 Å². The predicted molar refractivity (Wildman–Crippen MR) is 73.6 cm³/mol. The second-order valence-corrected chi connectivity index (χ2v) is 5.15. The molecule has 1 aromatic heterocycles. The molecule has 2 atom stereocenters. The zero-order valence-corrected chi connectivity index (χ0v) is 11.9. The van der Waals surface area contributed by atoms with Gasteiger partial charge in [0.2, 0.25) is 0 Å². The van der Waals surface area contributed by atoms with Crippen LogP contribution in [0.5, 0.6) is 0 Å². The Bertz CT molecular complexity index is 375. The van der Waals surface area contributed by atoms with Crippen LogP contribution in [0, 0.1) is 0 Å². The molecule has 102 valence electrons. The Morgan fingerprint density at radius 2 is 2.22 bits per heavy atom. The normalized spacial score (nSPS) is 24.3. The molecule has 18 heavy (non-hydrogen) atoms. The summed E-state index contributed by atoms with van der Waals surface area (Å²) in [6.07, 6.45) is 3.96. The SMILES string of the molecule is CCn1ccnc1C(NC)C1CN(C)CCN1C. The van der Waals surface area contributed by atoms with Crippen molar-refractivity contribution in [1.29, 1.82) is 0 Å². The van der Waals surface area contributed by atoms with E-state index in [0.717, 1.165) is 32.0 Å². The summed E-state index contributed by atoms with van der Waals surface area (Å²) in [4.78, 5) is 9.39. The monoisotopic (exact) mass is 251 g/mol. The molecule has 0 radical (unpaired) electrons. The van der Waals surface area contributed by atoms with Gasteiger partial charge in [-0.3, -0.25) is 4.90 Å². The van der Waals surface area contributed by atoms with Crippen molar-refractivity contribution in [2.45, 2.75) is 25.6 Å². The molecule has 1 aliphatic heterocycles. The molecule has 1 aliphatic rings. The zero-order valence-electron chi connectivity index (χ0n) is 11.9. The van der Waals surface area contributed by atoms with Crippen molar-refractivity contribution in [2.24, 2.45) is 0 Å². The summed E-state index contributed by atoms with van der Waals surface area (Å²) in [5, 5.41) is 3.45. The van der Waals surface area contributed by atoms with Crippen molar-refractivity contribution >= 4 is 0 Å². The number of rotatable bonds is 4. The molecule has 1 saturated heterocycles. The third-order valence-corrected chi connectivity index (χ3v) is 3.96. The lowest BCUT2D eigenvalue weighted by Crippen LogP contribution is -2.55. The van der Waals surface area contributed by atoms with Crippen LogP contribution < -0.4 is 5.32 Å². The molecule has 1 N–H and O–H groups in total. The van der Waals surface area contributed by atoms with Gasteiger partial charge < -0.3 is 14.8 Å². The number of nitrogens with zero attached hydrogens (tertiary/aromatic N) is 4. The molecule has 2 unspecified atom stereocenters. The van der Waals surface area contributed by atoms with E-state index in [9.17, 15) is 0 Å². The summed E-state index contributed by atoms with van der Waals surface area (Å²) < 4.78 is 2.23. The van der Waals surface area contributed by atoms with E-state index < -0.39 is 0 Å². The predicted octanol–water partition coefficient (Wildman–Crippen LogP) is 0.409. The van der Waals surface area contributed by atoms with Gasteiger partial charge in [-0.15, -0.1) is 0 Å². The molecular formula is C13H25N5. The fourth-order valence-electron chi connectivity index (χ4n) is 2.76. The van der Waals surface area contributed by atoms with E-state index in [1.165, 1.54) is 0 Å². The van der Waals surface area contributed by atoms with E-state index in [-0.39, 0.29) is 6.04 Å². The molecule has 1 aromatic rings. The maximum Gasteiger partial charge on any atom is 0.127 e. The Morgan fingerprint density at radius 1 is 1.44 bits per heavy atom. The fourth-order valence-corrected chi connectivity index (χ4v) is 2.76. The van der Waals surface area contributed by atoms with Crippen LogP contribution in [0.1, 0.15) is 18.8 Å². The Labute approximate surface area is 110 Å². The maximum absolute atomic E-state index is 4.55. The first-order valence-corrected chi connectivity index (χ1v) is 6.74. The average molecular weight is 251 g/mol. The smallest absolute Gasteiger partial charge is 0.127 e. The second-order valence-electron chi connectivity index (χ2n) is 5.15. The van der Waals surface area contributed by atoms with E-state index in [1.54, 1.807) is 0 Å². The number of hydrogen-bond donors (Lipinski definition) is 1. The van der Waals surface area contributed by atoms with Gasteiger partial charge in [-0.05, 0) is 28.1 Å². The number of aromatic nitrogens is 2. The lowest BCUT2D eigenvalue weighted by Gasteiger charge is -2.41. The topological polar surface area (TPSA) is 36.3 Å².